The summed E-state index contributed by atoms with van der Waals surface area (Å²) in [5.41, 5.74) is 0. The van der Waals surface area contributed by atoms with Crippen molar-refractivity contribution in [1.29, 1.82) is 0 Å². The third-order valence-electron chi connectivity index (χ3n) is 5.01. The van der Waals surface area contributed by atoms with E-state index in [-0.39, 0.29) is 5.97 Å². The molecule has 0 aromatic heterocycles. The average Bonchev–Trinajstić information content (AvgIpc) is 2.56. The fourth-order valence-corrected chi connectivity index (χ4v) is 2.84. The maximum Gasteiger partial charge on any atom is 0.305 e. The molecule has 24 heavy (non-hydrogen) atoms. The van der Waals surface area contributed by atoms with Crippen molar-refractivity contribution >= 4 is 5.97 Å². The van der Waals surface area contributed by atoms with Crippen LogP contribution in [0.2, 0.25) is 0 Å². The Morgan fingerprint density at radius 2 is 1.25 bits per heavy atom. The van der Waals surface area contributed by atoms with E-state index in [9.17, 15) is 4.79 Å². The first kappa shape index (κ1) is 23.4. The highest BCUT2D eigenvalue weighted by atomic mass is 16.5. The second-order valence-electron chi connectivity index (χ2n) is 7.84. The third kappa shape index (κ3) is 16.3. The average molecular weight is 343 g/mol. The summed E-state index contributed by atoms with van der Waals surface area (Å²) in [6.45, 7) is 7.23. The van der Waals surface area contributed by atoms with Crippen LogP contribution in [-0.4, -0.2) is 44.2 Å². The standard InChI is InChI=1S/C21H44NO2/c1-5-7-8-9-10-11-12-13-14-15-16-18-21(23)24-20-17-19-22(3,4)6-2/h5-20H2,1-4H3/q+1. The molecule has 0 saturated carbocycles. The van der Waals surface area contributed by atoms with Gasteiger partial charge in [0.25, 0.3) is 0 Å². The zero-order chi connectivity index (χ0) is 18.1. The van der Waals surface area contributed by atoms with Gasteiger partial charge in [0.05, 0.1) is 33.8 Å². The second-order valence-corrected chi connectivity index (χ2v) is 7.84. The fraction of sp³-hybridized carbons (Fsp3) is 0.952. The lowest BCUT2D eigenvalue weighted by Gasteiger charge is -2.27. The Morgan fingerprint density at radius 1 is 0.750 bits per heavy atom. The van der Waals surface area contributed by atoms with Gasteiger partial charge in [-0.1, -0.05) is 71.1 Å². The molecule has 0 aliphatic carbocycles. The third-order valence-corrected chi connectivity index (χ3v) is 5.01. The lowest BCUT2D eigenvalue weighted by atomic mass is 10.1. The number of hydrogen-bond donors (Lipinski definition) is 0. The van der Waals surface area contributed by atoms with E-state index in [0.717, 1.165) is 30.4 Å². The molecule has 144 valence electrons. The summed E-state index contributed by atoms with van der Waals surface area (Å²) in [4.78, 5) is 11.7. The predicted octanol–water partition coefficient (Wildman–Crippen LogP) is 5.72. The molecule has 0 N–H and O–H groups in total. The predicted molar refractivity (Wildman–Crippen MR) is 104 cm³/mol. The van der Waals surface area contributed by atoms with E-state index in [2.05, 4.69) is 27.9 Å². The van der Waals surface area contributed by atoms with Crippen LogP contribution in [0.3, 0.4) is 0 Å². The Bertz CT molecular complexity index is 290. The topological polar surface area (TPSA) is 26.3 Å². The van der Waals surface area contributed by atoms with Gasteiger partial charge in [-0.05, 0) is 13.3 Å². The van der Waals surface area contributed by atoms with Crippen LogP contribution in [0.15, 0.2) is 0 Å². The van der Waals surface area contributed by atoms with Crippen molar-refractivity contribution in [2.45, 2.75) is 97.3 Å². The molecule has 0 heterocycles. The minimum absolute atomic E-state index is 0.00673. The van der Waals surface area contributed by atoms with Crippen LogP contribution in [0.5, 0.6) is 0 Å². The van der Waals surface area contributed by atoms with Crippen molar-refractivity contribution in [3.05, 3.63) is 0 Å². The van der Waals surface area contributed by atoms with Gasteiger partial charge in [-0.15, -0.1) is 0 Å². The molecule has 0 bridgehead atoms. The van der Waals surface area contributed by atoms with Crippen LogP contribution >= 0.6 is 0 Å². The number of quaternary nitrogens is 1. The number of esters is 1. The molecule has 0 saturated heterocycles. The van der Waals surface area contributed by atoms with Gasteiger partial charge < -0.3 is 9.22 Å². The summed E-state index contributed by atoms with van der Waals surface area (Å²) in [5.74, 6) is -0.00673. The summed E-state index contributed by atoms with van der Waals surface area (Å²) in [5, 5.41) is 0. The molecular formula is C21H44NO2+. The van der Waals surface area contributed by atoms with E-state index in [1.54, 1.807) is 0 Å². The van der Waals surface area contributed by atoms with Crippen molar-refractivity contribution in [3.8, 4) is 0 Å². The largest absolute Gasteiger partial charge is 0.465 e. The molecule has 3 heteroatoms. The van der Waals surface area contributed by atoms with E-state index in [0.29, 0.717) is 13.0 Å². The molecule has 0 aromatic carbocycles. The Labute approximate surface area is 151 Å². The van der Waals surface area contributed by atoms with E-state index in [4.69, 9.17) is 4.74 Å². The Hall–Kier alpha value is -0.570. The van der Waals surface area contributed by atoms with Crippen LogP contribution in [0.4, 0.5) is 0 Å². The van der Waals surface area contributed by atoms with E-state index >= 15 is 0 Å². The number of nitrogens with zero attached hydrogens (tertiary/aromatic N) is 1. The molecule has 0 fully saturated rings. The van der Waals surface area contributed by atoms with Gasteiger partial charge >= 0.3 is 5.97 Å². The first-order valence-corrected chi connectivity index (χ1v) is 10.5. The number of carbonyl (C=O) groups excluding carboxylic acids is 1. The molecule has 3 nitrogen and oxygen atoms in total. The molecular weight excluding hydrogens is 298 g/mol. The van der Waals surface area contributed by atoms with Crippen molar-refractivity contribution in [2.75, 3.05) is 33.8 Å². The summed E-state index contributed by atoms with van der Waals surface area (Å²) >= 11 is 0. The minimum Gasteiger partial charge on any atom is -0.465 e. The van der Waals surface area contributed by atoms with Crippen LogP contribution in [-0.2, 0) is 9.53 Å². The maximum absolute atomic E-state index is 11.7. The molecule has 0 unspecified atom stereocenters. The zero-order valence-electron chi connectivity index (χ0n) is 17.1. The first-order chi connectivity index (χ1) is 11.5. The molecule has 0 rings (SSSR count). The summed E-state index contributed by atoms with van der Waals surface area (Å²) in [7, 11) is 4.43. The molecule has 0 aromatic rings. The van der Waals surface area contributed by atoms with Gasteiger partial charge in [0.15, 0.2) is 0 Å². The SMILES string of the molecule is CCCCCCCCCCCCCC(=O)OCCC[N+](C)(C)CC. The van der Waals surface area contributed by atoms with Crippen LogP contribution in [0.1, 0.15) is 97.3 Å². The quantitative estimate of drug-likeness (QED) is 0.192. The van der Waals surface area contributed by atoms with Gasteiger partial charge in [-0.25, -0.2) is 0 Å². The van der Waals surface area contributed by atoms with Crippen molar-refractivity contribution in [3.63, 3.8) is 0 Å². The van der Waals surface area contributed by atoms with Gasteiger partial charge in [0.1, 0.15) is 0 Å². The first-order valence-electron chi connectivity index (χ1n) is 10.5. The summed E-state index contributed by atoms with van der Waals surface area (Å²) in [6, 6.07) is 0. The Kier molecular flexibility index (Phi) is 15.6. The highest BCUT2D eigenvalue weighted by Crippen LogP contribution is 2.12. The fourth-order valence-electron chi connectivity index (χ4n) is 2.84. The second kappa shape index (κ2) is 15.9. The lowest BCUT2D eigenvalue weighted by Crippen LogP contribution is -2.40. The minimum atomic E-state index is -0.00673. The molecule has 0 aliphatic heterocycles. The lowest BCUT2D eigenvalue weighted by molar-refractivity contribution is -0.888. The maximum atomic E-state index is 11.7. The van der Waals surface area contributed by atoms with E-state index in [1.807, 2.05) is 0 Å². The van der Waals surface area contributed by atoms with E-state index < -0.39 is 0 Å². The molecule has 0 aliphatic rings. The van der Waals surface area contributed by atoms with Crippen molar-refractivity contribution < 1.29 is 14.0 Å². The van der Waals surface area contributed by atoms with Crippen LogP contribution in [0, 0.1) is 0 Å². The number of rotatable bonds is 17. The normalized spacial score (nSPS) is 11.7. The van der Waals surface area contributed by atoms with Crippen LogP contribution < -0.4 is 0 Å². The Morgan fingerprint density at radius 3 is 1.75 bits per heavy atom. The van der Waals surface area contributed by atoms with Crippen molar-refractivity contribution in [2.24, 2.45) is 0 Å². The number of carbonyl (C=O) groups is 1. The van der Waals surface area contributed by atoms with E-state index in [1.165, 1.54) is 64.2 Å². The van der Waals surface area contributed by atoms with Crippen molar-refractivity contribution in [1.82, 2.24) is 0 Å². The molecule has 0 radical (unpaired) electrons. The summed E-state index contributed by atoms with van der Waals surface area (Å²) < 4.78 is 6.32. The smallest absolute Gasteiger partial charge is 0.305 e. The van der Waals surface area contributed by atoms with Gasteiger partial charge in [0.2, 0.25) is 0 Å². The molecule has 0 amide bonds. The number of hydrogen-bond acceptors (Lipinski definition) is 2. The molecule has 0 spiro atoms. The number of unbranched alkanes of at least 4 members (excludes halogenated alkanes) is 10. The van der Waals surface area contributed by atoms with Gasteiger partial charge in [-0.3, -0.25) is 4.79 Å². The van der Waals surface area contributed by atoms with Gasteiger partial charge in [-0.2, -0.15) is 0 Å². The van der Waals surface area contributed by atoms with Gasteiger partial charge in [0, 0.05) is 12.8 Å². The number of ether oxygens (including phenoxy) is 1. The molecule has 0 atom stereocenters. The highest BCUT2D eigenvalue weighted by molar-refractivity contribution is 5.69. The zero-order valence-corrected chi connectivity index (χ0v) is 17.1. The monoisotopic (exact) mass is 342 g/mol. The summed E-state index contributed by atoms with van der Waals surface area (Å²) in [6.07, 6.45) is 16.0. The Balaban J connectivity index is 3.26. The van der Waals surface area contributed by atoms with Crippen LogP contribution in [0.25, 0.3) is 0 Å². The highest BCUT2D eigenvalue weighted by Gasteiger charge is 2.11.